The van der Waals surface area contributed by atoms with Crippen LogP contribution in [0.15, 0.2) is 59.3 Å². The van der Waals surface area contributed by atoms with Crippen LogP contribution in [0.4, 0.5) is 27.6 Å². The van der Waals surface area contributed by atoms with Crippen LogP contribution in [0.5, 0.6) is 5.75 Å². The fourth-order valence-corrected chi connectivity index (χ4v) is 3.04. The first-order valence-electron chi connectivity index (χ1n) is 8.46. The predicted octanol–water partition coefficient (Wildman–Crippen LogP) is 5.85. The van der Waals surface area contributed by atoms with Crippen molar-refractivity contribution in [3.05, 3.63) is 66.0 Å². The molecular weight excluding hydrogens is 411 g/mol. The van der Waals surface area contributed by atoms with Gasteiger partial charge < -0.3 is 14.5 Å². The Morgan fingerprint density at radius 1 is 1.07 bits per heavy atom. The zero-order valence-electron chi connectivity index (χ0n) is 14.8. The molecule has 2 heterocycles. The molecule has 2 aromatic carbocycles. The monoisotopic (exact) mass is 422 g/mol. The summed E-state index contributed by atoms with van der Waals surface area (Å²) in [7, 11) is 0. The Balaban J connectivity index is 1.93. The maximum Gasteiger partial charge on any atom is 0.416 e. The van der Waals surface area contributed by atoms with Crippen molar-refractivity contribution in [1.29, 1.82) is 0 Å². The van der Waals surface area contributed by atoms with Crippen molar-refractivity contribution in [3.8, 4) is 5.75 Å². The Kier molecular flexibility index (Phi) is 4.76. The number of nitrogens with zero attached hydrogens (tertiary/aromatic N) is 1. The molecule has 0 saturated carbocycles. The maximum absolute atomic E-state index is 13.2. The van der Waals surface area contributed by atoms with Gasteiger partial charge >= 0.3 is 12.8 Å². The SMILES string of the molecule is O=C(Nc1ccncc1)c1ccc(OC(F)F)c2oc3ccc(C(F)(F)F)cc3c12. The zero-order valence-corrected chi connectivity index (χ0v) is 14.8. The lowest BCUT2D eigenvalue weighted by molar-refractivity contribution is -0.137. The molecule has 0 spiro atoms. The number of fused-ring (bicyclic) bond motifs is 3. The van der Waals surface area contributed by atoms with Crippen LogP contribution in [0.25, 0.3) is 21.9 Å². The minimum Gasteiger partial charge on any atom is -0.452 e. The smallest absolute Gasteiger partial charge is 0.416 e. The normalized spacial score (nSPS) is 11.9. The number of carbonyl (C=O) groups excluding carboxylic acids is 1. The lowest BCUT2D eigenvalue weighted by Gasteiger charge is -2.09. The van der Waals surface area contributed by atoms with Crippen LogP contribution in [0, 0.1) is 0 Å². The number of benzene rings is 2. The van der Waals surface area contributed by atoms with Crippen molar-refractivity contribution in [2.75, 3.05) is 5.32 Å². The largest absolute Gasteiger partial charge is 0.452 e. The van der Waals surface area contributed by atoms with Crippen LogP contribution in [-0.2, 0) is 6.18 Å². The number of anilines is 1. The molecule has 0 bridgehead atoms. The van der Waals surface area contributed by atoms with Gasteiger partial charge in [0.25, 0.3) is 5.91 Å². The van der Waals surface area contributed by atoms with E-state index in [0.29, 0.717) is 5.69 Å². The summed E-state index contributed by atoms with van der Waals surface area (Å²) in [6.07, 6.45) is -1.77. The van der Waals surface area contributed by atoms with Crippen molar-refractivity contribution in [3.63, 3.8) is 0 Å². The molecule has 4 rings (SSSR count). The Labute approximate surface area is 165 Å². The summed E-state index contributed by atoms with van der Waals surface area (Å²) in [6.45, 7) is -3.19. The molecule has 1 amide bonds. The van der Waals surface area contributed by atoms with Crippen molar-refractivity contribution in [2.24, 2.45) is 0 Å². The van der Waals surface area contributed by atoms with E-state index in [4.69, 9.17) is 4.42 Å². The number of alkyl halides is 5. The van der Waals surface area contributed by atoms with E-state index in [0.717, 1.165) is 24.3 Å². The third kappa shape index (κ3) is 3.63. The second kappa shape index (κ2) is 7.29. The van der Waals surface area contributed by atoms with Crippen LogP contribution >= 0.6 is 0 Å². The van der Waals surface area contributed by atoms with E-state index in [-0.39, 0.29) is 27.5 Å². The molecule has 0 aliphatic carbocycles. The third-order valence-electron chi connectivity index (χ3n) is 4.31. The van der Waals surface area contributed by atoms with E-state index in [2.05, 4.69) is 15.0 Å². The third-order valence-corrected chi connectivity index (χ3v) is 4.31. The van der Waals surface area contributed by atoms with Crippen molar-refractivity contribution < 1.29 is 35.9 Å². The molecule has 4 aromatic rings. The number of amides is 1. The summed E-state index contributed by atoms with van der Waals surface area (Å²) < 4.78 is 75.0. The fraction of sp³-hybridized carbons (Fsp3) is 0.100. The lowest BCUT2D eigenvalue weighted by atomic mass is 10.0. The molecule has 0 atom stereocenters. The molecule has 0 fully saturated rings. The summed E-state index contributed by atoms with van der Waals surface area (Å²) in [5.41, 5.74) is -0.923. The molecule has 154 valence electrons. The van der Waals surface area contributed by atoms with Crippen molar-refractivity contribution in [2.45, 2.75) is 12.8 Å². The van der Waals surface area contributed by atoms with E-state index < -0.39 is 30.0 Å². The van der Waals surface area contributed by atoms with Gasteiger partial charge in [-0.2, -0.15) is 22.0 Å². The average Bonchev–Trinajstić information content (AvgIpc) is 3.07. The molecular formula is C20H11F5N2O3. The van der Waals surface area contributed by atoms with Gasteiger partial charge in [-0.15, -0.1) is 0 Å². The number of nitrogens with one attached hydrogen (secondary N) is 1. The second-order valence-corrected chi connectivity index (χ2v) is 6.19. The van der Waals surface area contributed by atoms with Gasteiger partial charge in [0.05, 0.1) is 11.1 Å². The lowest BCUT2D eigenvalue weighted by Crippen LogP contribution is -2.12. The highest BCUT2D eigenvalue weighted by atomic mass is 19.4. The Bertz CT molecular complexity index is 1240. The standard InChI is InChI=1S/C20H11F5N2O3/c21-19(22)30-15-4-2-12(18(28)27-11-5-7-26-8-6-11)16-13-9-10(20(23,24)25)1-3-14(13)29-17(15)16/h1-9,19H,(H,26,27,28). The molecule has 0 aliphatic rings. The molecule has 10 heteroatoms. The molecule has 0 saturated heterocycles. The van der Waals surface area contributed by atoms with Crippen LogP contribution in [-0.4, -0.2) is 17.5 Å². The summed E-state index contributed by atoms with van der Waals surface area (Å²) in [6, 6.07) is 7.98. The summed E-state index contributed by atoms with van der Waals surface area (Å²) >= 11 is 0. The van der Waals surface area contributed by atoms with Gasteiger partial charge in [0, 0.05) is 28.9 Å². The highest BCUT2D eigenvalue weighted by Crippen LogP contribution is 2.40. The molecule has 1 N–H and O–H groups in total. The molecule has 5 nitrogen and oxygen atoms in total. The minimum atomic E-state index is -4.64. The van der Waals surface area contributed by atoms with Gasteiger partial charge in [-0.05, 0) is 42.5 Å². The number of halogens is 5. The van der Waals surface area contributed by atoms with Crippen LogP contribution in [0.1, 0.15) is 15.9 Å². The summed E-state index contributed by atoms with van der Waals surface area (Å²) in [4.78, 5) is 16.6. The molecule has 0 aliphatic heterocycles. The fourth-order valence-electron chi connectivity index (χ4n) is 3.04. The van der Waals surface area contributed by atoms with Crippen LogP contribution in [0.3, 0.4) is 0 Å². The maximum atomic E-state index is 13.2. The van der Waals surface area contributed by atoms with E-state index in [1.165, 1.54) is 30.6 Å². The predicted molar refractivity (Wildman–Crippen MR) is 97.5 cm³/mol. The van der Waals surface area contributed by atoms with Crippen molar-refractivity contribution >= 4 is 33.5 Å². The number of furan rings is 1. The van der Waals surface area contributed by atoms with Gasteiger partial charge in [-0.3, -0.25) is 9.78 Å². The number of pyridine rings is 1. The molecule has 2 aromatic heterocycles. The van der Waals surface area contributed by atoms with E-state index in [9.17, 15) is 26.7 Å². The first-order chi connectivity index (χ1) is 14.2. The van der Waals surface area contributed by atoms with Crippen LogP contribution in [0.2, 0.25) is 0 Å². The minimum absolute atomic E-state index is 0.0127. The Morgan fingerprint density at radius 2 is 1.80 bits per heavy atom. The van der Waals surface area contributed by atoms with Gasteiger partial charge in [0.1, 0.15) is 5.58 Å². The van der Waals surface area contributed by atoms with Crippen molar-refractivity contribution in [1.82, 2.24) is 4.98 Å². The van der Waals surface area contributed by atoms with Gasteiger partial charge in [0.2, 0.25) is 0 Å². The number of ether oxygens (including phenoxy) is 1. The van der Waals surface area contributed by atoms with E-state index >= 15 is 0 Å². The average molecular weight is 422 g/mol. The first kappa shape index (κ1) is 19.6. The topological polar surface area (TPSA) is 64.4 Å². The van der Waals surface area contributed by atoms with E-state index in [1.54, 1.807) is 0 Å². The number of hydrogen-bond acceptors (Lipinski definition) is 4. The summed E-state index contributed by atoms with van der Waals surface area (Å²) in [5, 5.41) is 2.45. The highest BCUT2D eigenvalue weighted by Gasteiger charge is 2.32. The molecule has 30 heavy (non-hydrogen) atoms. The van der Waals surface area contributed by atoms with Gasteiger partial charge in [-0.25, -0.2) is 0 Å². The quantitative estimate of drug-likeness (QED) is 0.419. The molecule has 0 unspecified atom stereocenters. The highest BCUT2D eigenvalue weighted by molar-refractivity contribution is 6.20. The first-order valence-corrected chi connectivity index (χ1v) is 8.46. The Morgan fingerprint density at radius 3 is 2.47 bits per heavy atom. The zero-order chi connectivity index (χ0) is 21.5. The second-order valence-electron chi connectivity index (χ2n) is 6.19. The van der Waals surface area contributed by atoms with Crippen LogP contribution < -0.4 is 10.1 Å². The summed E-state index contributed by atoms with van der Waals surface area (Å²) in [5.74, 6) is -1.07. The number of hydrogen-bond donors (Lipinski definition) is 1. The number of carbonyl (C=O) groups is 1. The molecule has 0 radical (unpaired) electrons. The van der Waals surface area contributed by atoms with Gasteiger partial charge in [0.15, 0.2) is 11.3 Å². The number of rotatable bonds is 4. The van der Waals surface area contributed by atoms with E-state index in [1.807, 2.05) is 0 Å². The van der Waals surface area contributed by atoms with Gasteiger partial charge in [-0.1, -0.05) is 0 Å². The Hall–Kier alpha value is -3.69. The number of aromatic nitrogens is 1.